The molecule has 1 aliphatic rings. The van der Waals surface area contributed by atoms with Crippen LogP contribution in [0.2, 0.25) is 10.3 Å². The number of urea groups is 1. The Kier molecular flexibility index (Phi) is 8.17. The molecular weight excluding hydrogens is 552 g/mol. The summed E-state index contributed by atoms with van der Waals surface area (Å²) in [5.74, 6) is 1.23. The lowest BCUT2D eigenvalue weighted by Gasteiger charge is -2.45. The fraction of sp³-hybridized carbons (Fsp3) is 0.281. The monoisotopic (exact) mass is 586 g/mol. The van der Waals surface area contributed by atoms with Crippen LogP contribution in [0, 0.1) is 0 Å². The number of anilines is 2. The van der Waals surface area contributed by atoms with Crippen LogP contribution in [-0.2, 0) is 11.0 Å². The van der Waals surface area contributed by atoms with Crippen LogP contribution < -0.4 is 24.9 Å². The van der Waals surface area contributed by atoms with Crippen LogP contribution in [0.15, 0.2) is 91.1 Å². The molecule has 5 rings (SSSR count). The number of benzene rings is 3. The van der Waals surface area contributed by atoms with Crippen molar-refractivity contribution in [2.45, 2.75) is 45.3 Å². The number of hydrogen-bond donors (Lipinski definition) is 0. The molecule has 1 atom stereocenters. The van der Waals surface area contributed by atoms with Crippen molar-refractivity contribution in [2.75, 3.05) is 23.5 Å². The zero-order chi connectivity index (χ0) is 29.2. The van der Waals surface area contributed by atoms with Crippen LogP contribution >= 0.6 is 11.6 Å². The molecule has 0 radical (unpaired) electrons. The summed E-state index contributed by atoms with van der Waals surface area (Å²) in [6, 6.07) is 27.8. The Morgan fingerprint density at radius 1 is 0.951 bits per heavy atom. The normalized spacial score (nSPS) is 14.5. The second kappa shape index (κ2) is 11.6. The standard InChI is InChI=1S/C32H35ClN4O3Si/c1-23(22-40-41(32(2,3)4,27-12-8-6-9-13-27)28-14-10-7-11-15-28)37-29-24(20-34-30(33)35-29)21-36(31(37)38)25-16-18-26(39-5)19-17-25/h6-20,23H,21-22H2,1-5H3/t23-/m0/s1. The van der Waals surface area contributed by atoms with E-state index in [0.29, 0.717) is 19.0 Å². The number of amides is 2. The molecule has 2 heterocycles. The first-order valence-corrected chi connectivity index (χ1v) is 16.0. The maximum atomic E-state index is 14.1. The predicted octanol–water partition coefficient (Wildman–Crippen LogP) is 6.05. The number of aromatic nitrogens is 2. The number of hydrogen-bond acceptors (Lipinski definition) is 5. The third-order valence-electron chi connectivity index (χ3n) is 7.59. The summed E-state index contributed by atoms with van der Waals surface area (Å²) in [6.45, 7) is 9.34. The molecule has 0 saturated heterocycles. The highest BCUT2D eigenvalue weighted by atomic mass is 35.5. The number of fused-ring (bicyclic) bond motifs is 1. The molecule has 1 aromatic heterocycles. The van der Waals surface area contributed by atoms with Crippen molar-refractivity contribution in [1.29, 1.82) is 0 Å². The minimum Gasteiger partial charge on any atom is -0.497 e. The molecule has 0 spiro atoms. The van der Waals surface area contributed by atoms with Crippen LogP contribution in [0.3, 0.4) is 0 Å². The van der Waals surface area contributed by atoms with Gasteiger partial charge in [0.05, 0.1) is 26.3 Å². The van der Waals surface area contributed by atoms with Gasteiger partial charge in [-0.3, -0.25) is 9.80 Å². The molecule has 1 aliphatic heterocycles. The van der Waals surface area contributed by atoms with Gasteiger partial charge in [-0.1, -0.05) is 81.4 Å². The summed E-state index contributed by atoms with van der Waals surface area (Å²) < 4.78 is 12.5. The molecule has 0 bridgehead atoms. The Morgan fingerprint density at radius 2 is 1.54 bits per heavy atom. The molecule has 3 aromatic carbocycles. The van der Waals surface area contributed by atoms with Gasteiger partial charge in [0.25, 0.3) is 8.32 Å². The summed E-state index contributed by atoms with van der Waals surface area (Å²) in [6.07, 6.45) is 1.69. The maximum Gasteiger partial charge on any atom is 0.330 e. The zero-order valence-electron chi connectivity index (χ0n) is 24.0. The van der Waals surface area contributed by atoms with Gasteiger partial charge in [0.2, 0.25) is 5.28 Å². The van der Waals surface area contributed by atoms with Crippen molar-refractivity contribution >= 4 is 47.8 Å². The van der Waals surface area contributed by atoms with Gasteiger partial charge in [0.1, 0.15) is 11.6 Å². The summed E-state index contributed by atoms with van der Waals surface area (Å²) >= 11 is 6.24. The van der Waals surface area contributed by atoms with Crippen LogP contribution in [0.4, 0.5) is 16.3 Å². The summed E-state index contributed by atoms with van der Waals surface area (Å²) in [5.41, 5.74) is 1.56. The Labute approximate surface area is 247 Å². The SMILES string of the molecule is COc1ccc(N2Cc3cnc(Cl)nc3N([C@@H](C)CO[Si](c3ccccc3)(c3ccccc3)C(C)(C)C)C2=O)cc1. The predicted molar refractivity (Wildman–Crippen MR) is 167 cm³/mol. The summed E-state index contributed by atoms with van der Waals surface area (Å²) in [5, 5.41) is 2.27. The summed E-state index contributed by atoms with van der Waals surface area (Å²) in [7, 11) is -1.20. The second-order valence-corrected chi connectivity index (χ2v) is 15.9. The molecule has 4 aromatic rings. The van der Waals surface area contributed by atoms with Gasteiger partial charge >= 0.3 is 6.03 Å². The van der Waals surface area contributed by atoms with E-state index in [4.69, 9.17) is 20.8 Å². The average Bonchev–Trinajstić information content (AvgIpc) is 2.97. The van der Waals surface area contributed by atoms with E-state index in [-0.39, 0.29) is 22.4 Å². The smallest absolute Gasteiger partial charge is 0.330 e. The quantitative estimate of drug-likeness (QED) is 0.186. The molecule has 7 nitrogen and oxygen atoms in total. The van der Waals surface area contributed by atoms with E-state index in [1.54, 1.807) is 23.1 Å². The van der Waals surface area contributed by atoms with Crippen molar-refractivity contribution in [3.8, 4) is 5.75 Å². The molecule has 0 fully saturated rings. The number of methoxy groups -OCH3 is 1. The lowest BCUT2D eigenvalue weighted by Crippen LogP contribution is -2.67. The van der Waals surface area contributed by atoms with Gasteiger partial charge in [0.15, 0.2) is 0 Å². The van der Waals surface area contributed by atoms with Crippen LogP contribution in [0.5, 0.6) is 5.75 Å². The molecule has 0 aliphatic carbocycles. The lowest BCUT2D eigenvalue weighted by atomic mass is 10.1. The first-order valence-electron chi connectivity index (χ1n) is 13.7. The molecule has 2 amide bonds. The Morgan fingerprint density at radius 3 is 2.07 bits per heavy atom. The largest absolute Gasteiger partial charge is 0.497 e. The van der Waals surface area contributed by atoms with E-state index in [0.717, 1.165) is 17.0 Å². The lowest BCUT2D eigenvalue weighted by molar-refractivity contribution is 0.237. The molecular formula is C32H35ClN4O3Si. The van der Waals surface area contributed by atoms with E-state index in [1.807, 2.05) is 43.3 Å². The van der Waals surface area contributed by atoms with Gasteiger partial charge in [-0.2, -0.15) is 4.98 Å². The molecule has 9 heteroatoms. The third-order valence-corrected chi connectivity index (χ3v) is 12.8. The Hall–Kier alpha value is -3.72. The fourth-order valence-electron chi connectivity index (χ4n) is 5.60. The number of carbonyl (C=O) groups excluding carboxylic acids is 1. The van der Waals surface area contributed by atoms with E-state index in [1.165, 1.54) is 10.4 Å². The number of halogens is 1. The summed E-state index contributed by atoms with van der Waals surface area (Å²) in [4.78, 5) is 26.2. The van der Waals surface area contributed by atoms with Gasteiger partial charge in [0, 0.05) is 17.4 Å². The Bertz CT molecular complexity index is 1460. The van der Waals surface area contributed by atoms with E-state index in [2.05, 4.69) is 79.3 Å². The van der Waals surface area contributed by atoms with Crippen molar-refractivity contribution in [2.24, 2.45) is 0 Å². The van der Waals surface area contributed by atoms with Gasteiger partial charge < -0.3 is 9.16 Å². The topological polar surface area (TPSA) is 67.8 Å². The van der Waals surface area contributed by atoms with Crippen molar-refractivity contribution in [3.63, 3.8) is 0 Å². The number of carbonyl (C=O) groups is 1. The van der Waals surface area contributed by atoms with Crippen LogP contribution in [-0.4, -0.2) is 44.1 Å². The molecule has 0 unspecified atom stereocenters. The molecule has 0 saturated carbocycles. The van der Waals surface area contributed by atoms with Crippen LogP contribution in [0.25, 0.3) is 0 Å². The van der Waals surface area contributed by atoms with E-state index < -0.39 is 8.32 Å². The van der Waals surface area contributed by atoms with E-state index >= 15 is 0 Å². The van der Waals surface area contributed by atoms with E-state index in [9.17, 15) is 4.79 Å². The number of nitrogens with zero attached hydrogens (tertiary/aromatic N) is 4. The fourth-order valence-corrected chi connectivity index (χ4v) is 10.4. The van der Waals surface area contributed by atoms with Gasteiger partial charge in [-0.25, -0.2) is 9.78 Å². The number of ether oxygens (including phenoxy) is 1. The van der Waals surface area contributed by atoms with Gasteiger partial charge in [-0.05, 0) is 58.2 Å². The zero-order valence-corrected chi connectivity index (χ0v) is 25.8. The first kappa shape index (κ1) is 28.8. The van der Waals surface area contributed by atoms with Crippen molar-refractivity contribution in [3.05, 3.63) is 102 Å². The second-order valence-electron chi connectivity index (χ2n) is 11.2. The number of rotatable bonds is 8. The average molecular weight is 587 g/mol. The maximum absolute atomic E-state index is 14.1. The van der Waals surface area contributed by atoms with Crippen LogP contribution in [0.1, 0.15) is 33.3 Å². The third kappa shape index (κ3) is 5.47. The highest BCUT2D eigenvalue weighted by molar-refractivity contribution is 6.99. The van der Waals surface area contributed by atoms with Crippen molar-refractivity contribution < 1.29 is 14.0 Å². The minimum absolute atomic E-state index is 0.0968. The highest BCUT2D eigenvalue weighted by Crippen LogP contribution is 2.38. The molecule has 41 heavy (non-hydrogen) atoms. The van der Waals surface area contributed by atoms with Crippen molar-refractivity contribution in [1.82, 2.24) is 9.97 Å². The Balaban J connectivity index is 1.54. The molecule has 212 valence electrons. The van der Waals surface area contributed by atoms with Gasteiger partial charge in [-0.15, -0.1) is 0 Å². The first-order chi connectivity index (χ1) is 19.7. The molecule has 0 N–H and O–H groups in total. The highest BCUT2D eigenvalue weighted by Gasteiger charge is 2.50. The minimum atomic E-state index is -2.82.